The maximum atomic E-state index is 12.0. The van der Waals surface area contributed by atoms with Crippen LogP contribution in [0.25, 0.3) is 0 Å². The Bertz CT molecular complexity index is 858. The first-order valence-electron chi connectivity index (χ1n) is 7.72. The topological polar surface area (TPSA) is 139 Å². The van der Waals surface area contributed by atoms with Crippen LogP contribution in [0.1, 0.15) is 5.56 Å². The summed E-state index contributed by atoms with van der Waals surface area (Å²) in [4.78, 5) is 37.4. The minimum Gasteiger partial charge on any atom is -0.493 e. The Hall–Kier alpha value is -3.41. The third kappa shape index (κ3) is 5.30. The summed E-state index contributed by atoms with van der Waals surface area (Å²) in [6.45, 7) is -0.559. The molecule has 150 valence electrons. The minimum atomic E-state index is -0.664. The van der Waals surface area contributed by atoms with Crippen molar-refractivity contribution in [1.29, 1.82) is 0 Å². The molecule has 0 fully saturated rings. The van der Waals surface area contributed by atoms with Gasteiger partial charge in [0.05, 0.1) is 32.7 Å². The van der Waals surface area contributed by atoms with E-state index < -0.39 is 23.4 Å². The van der Waals surface area contributed by atoms with Crippen molar-refractivity contribution in [2.75, 3.05) is 33.3 Å². The molecule has 1 heterocycles. The van der Waals surface area contributed by atoms with E-state index in [1.807, 2.05) is 0 Å². The van der Waals surface area contributed by atoms with E-state index in [4.69, 9.17) is 18.9 Å². The molecule has 28 heavy (non-hydrogen) atoms. The molecule has 0 bridgehead atoms. The molecule has 0 aliphatic rings. The molecule has 11 nitrogen and oxygen atoms in total. The number of methoxy groups -OCH3 is 3. The van der Waals surface area contributed by atoms with E-state index in [9.17, 15) is 19.7 Å². The van der Waals surface area contributed by atoms with E-state index in [1.54, 1.807) is 12.1 Å². The number of nitro groups is 1. The number of esters is 1. The molecule has 0 aliphatic carbocycles. The van der Waals surface area contributed by atoms with Gasteiger partial charge in [0.25, 0.3) is 5.91 Å². The van der Waals surface area contributed by atoms with Gasteiger partial charge in [-0.3, -0.25) is 25.0 Å². The molecule has 0 spiro atoms. The number of aromatic nitrogens is 1. The Labute approximate surface area is 163 Å². The zero-order valence-electron chi connectivity index (χ0n) is 15.2. The second-order valence-electron chi connectivity index (χ2n) is 5.18. The van der Waals surface area contributed by atoms with Crippen LogP contribution >= 0.6 is 11.3 Å². The quantitative estimate of drug-likeness (QED) is 0.371. The lowest BCUT2D eigenvalue weighted by atomic mass is 10.1. The van der Waals surface area contributed by atoms with Gasteiger partial charge in [0.2, 0.25) is 5.75 Å². The maximum absolute atomic E-state index is 12.0. The van der Waals surface area contributed by atoms with E-state index in [1.165, 1.54) is 21.3 Å². The Morgan fingerprint density at radius 3 is 2.32 bits per heavy atom. The third-order valence-corrected chi connectivity index (χ3v) is 4.22. The summed E-state index contributed by atoms with van der Waals surface area (Å²) in [5.74, 6) is -0.170. The van der Waals surface area contributed by atoms with Crippen LogP contribution < -0.4 is 19.5 Å². The molecule has 1 N–H and O–H groups in total. The van der Waals surface area contributed by atoms with Gasteiger partial charge in [-0.2, -0.15) is 0 Å². The summed E-state index contributed by atoms with van der Waals surface area (Å²) in [5, 5.41) is 12.7. The fourth-order valence-corrected chi connectivity index (χ4v) is 2.81. The van der Waals surface area contributed by atoms with Crippen molar-refractivity contribution in [3.05, 3.63) is 34.0 Å². The van der Waals surface area contributed by atoms with Gasteiger partial charge in [0, 0.05) is 0 Å². The highest BCUT2D eigenvalue weighted by Gasteiger charge is 2.17. The molecule has 0 radical (unpaired) electrons. The van der Waals surface area contributed by atoms with Crippen molar-refractivity contribution < 1.29 is 33.5 Å². The lowest BCUT2D eigenvalue weighted by Crippen LogP contribution is -2.21. The van der Waals surface area contributed by atoms with E-state index in [-0.39, 0.29) is 16.6 Å². The summed E-state index contributed by atoms with van der Waals surface area (Å²) >= 11 is 0.696. The van der Waals surface area contributed by atoms with Crippen molar-refractivity contribution in [2.24, 2.45) is 0 Å². The second-order valence-corrected chi connectivity index (χ2v) is 6.19. The Morgan fingerprint density at radius 1 is 1.18 bits per heavy atom. The maximum Gasteiger partial charge on any atom is 0.345 e. The number of benzene rings is 1. The highest BCUT2D eigenvalue weighted by molar-refractivity contribution is 7.18. The summed E-state index contributed by atoms with van der Waals surface area (Å²) in [6, 6.07) is 3.19. The molecule has 1 amide bonds. The first-order valence-corrected chi connectivity index (χ1v) is 8.54. The Morgan fingerprint density at radius 2 is 1.82 bits per heavy atom. The van der Waals surface area contributed by atoms with Crippen LogP contribution in [0.5, 0.6) is 17.2 Å². The smallest absolute Gasteiger partial charge is 0.345 e. The number of carbonyl (C=O) groups excluding carboxylic acids is 2. The molecule has 2 aromatic rings. The molecular weight excluding hydrogens is 394 g/mol. The molecule has 0 unspecified atom stereocenters. The standard InChI is InChI=1S/C16H17N3O8S/c1-24-10-4-9(5-11(25-2)15(10)26-3)6-14(21)27-8-12(20)18-16-17-7-13(28-16)19(22)23/h4-5,7H,6,8H2,1-3H3,(H,17,18,20). The number of anilines is 1. The van der Waals surface area contributed by atoms with Crippen LogP contribution in [0.2, 0.25) is 0 Å². The van der Waals surface area contributed by atoms with Crippen LogP contribution in [-0.2, 0) is 20.7 Å². The van der Waals surface area contributed by atoms with Crippen molar-refractivity contribution in [2.45, 2.75) is 6.42 Å². The second kappa shape index (κ2) is 9.50. The average molecular weight is 411 g/mol. The number of thiazole rings is 1. The monoisotopic (exact) mass is 411 g/mol. The van der Waals surface area contributed by atoms with Crippen molar-refractivity contribution in [3.8, 4) is 17.2 Å². The van der Waals surface area contributed by atoms with E-state index >= 15 is 0 Å². The van der Waals surface area contributed by atoms with Gasteiger partial charge < -0.3 is 18.9 Å². The normalized spacial score (nSPS) is 10.1. The first-order chi connectivity index (χ1) is 13.4. The lowest BCUT2D eigenvalue weighted by molar-refractivity contribution is -0.380. The molecule has 1 aromatic heterocycles. The SMILES string of the molecule is COc1cc(CC(=O)OCC(=O)Nc2ncc([N+](=O)[O-])s2)cc(OC)c1OC. The highest BCUT2D eigenvalue weighted by Crippen LogP contribution is 2.38. The van der Waals surface area contributed by atoms with Crippen LogP contribution in [0.3, 0.4) is 0 Å². The number of hydrogen-bond donors (Lipinski definition) is 1. The van der Waals surface area contributed by atoms with Crippen LogP contribution in [0, 0.1) is 10.1 Å². The van der Waals surface area contributed by atoms with Crippen molar-refractivity contribution in [1.82, 2.24) is 4.98 Å². The minimum absolute atomic E-state index is 0.0392. The zero-order valence-corrected chi connectivity index (χ0v) is 16.0. The molecule has 0 saturated carbocycles. The number of rotatable bonds is 9. The number of hydrogen-bond acceptors (Lipinski definition) is 10. The van der Waals surface area contributed by atoms with Gasteiger partial charge in [0.15, 0.2) is 23.2 Å². The van der Waals surface area contributed by atoms with Crippen LogP contribution in [-0.4, -0.2) is 49.7 Å². The predicted molar refractivity (Wildman–Crippen MR) is 98.2 cm³/mol. The number of nitrogens with zero attached hydrogens (tertiary/aromatic N) is 2. The molecule has 0 atom stereocenters. The van der Waals surface area contributed by atoms with Gasteiger partial charge in [-0.05, 0) is 29.0 Å². The Balaban J connectivity index is 1.92. The predicted octanol–water partition coefficient (Wildman–Crippen LogP) is 1.80. The number of ether oxygens (including phenoxy) is 4. The van der Waals surface area contributed by atoms with Crippen LogP contribution in [0.4, 0.5) is 10.1 Å². The summed E-state index contributed by atoms with van der Waals surface area (Å²) in [5.41, 5.74) is 0.537. The zero-order chi connectivity index (χ0) is 20.7. The number of nitrogens with one attached hydrogen (secondary N) is 1. The average Bonchev–Trinajstić information content (AvgIpc) is 3.14. The van der Waals surface area contributed by atoms with Crippen molar-refractivity contribution >= 4 is 33.3 Å². The molecule has 0 aliphatic heterocycles. The third-order valence-electron chi connectivity index (χ3n) is 3.36. The number of carbonyl (C=O) groups is 2. The van der Waals surface area contributed by atoms with Gasteiger partial charge in [-0.1, -0.05) is 0 Å². The number of amides is 1. The van der Waals surface area contributed by atoms with Gasteiger partial charge in [-0.25, -0.2) is 4.98 Å². The van der Waals surface area contributed by atoms with E-state index in [0.717, 1.165) is 6.20 Å². The largest absolute Gasteiger partial charge is 0.493 e. The van der Waals surface area contributed by atoms with Crippen LogP contribution in [0.15, 0.2) is 18.3 Å². The van der Waals surface area contributed by atoms with E-state index in [2.05, 4.69) is 10.3 Å². The van der Waals surface area contributed by atoms with Gasteiger partial charge in [0.1, 0.15) is 6.20 Å². The molecule has 12 heteroatoms. The molecule has 1 aromatic carbocycles. The Kier molecular flexibility index (Phi) is 7.09. The van der Waals surface area contributed by atoms with Gasteiger partial charge in [-0.15, -0.1) is 0 Å². The fourth-order valence-electron chi connectivity index (χ4n) is 2.16. The summed E-state index contributed by atoms with van der Waals surface area (Å²) in [7, 11) is 4.36. The van der Waals surface area contributed by atoms with Gasteiger partial charge >= 0.3 is 11.0 Å². The molecule has 2 rings (SSSR count). The summed E-state index contributed by atoms with van der Waals surface area (Å²) < 4.78 is 20.5. The molecular formula is C16H17N3O8S. The van der Waals surface area contributed by atoms with E-state index in [0.29, 0.717) is 34.1 Å². The highest BCUT2D eigenvalue weighted by atomic mass is 32.1. The molecule has 0 saturated heterocycles. The summed E-state index contributed by atoms with van der Waals surface area (Å²) in [6.07, 6.45) is 0.892. The first kappa shape index (κ1) is 20.9. The van der Waals surface area contributed by atoms with Crippen molar-refractivity contribution in [3.63, 3.8) is 0 Å². The lowest BCUT2D eigenvalue weighted by Gasteiger charge is -2.14. The fraction of sp³-hybridized carbons (Fsp3) is 0.312.